The van der Waals surface area contributed by atoms with Crippen molar-refractivity contribution in [3.8, 4) is 0 Å². The summed E-state index contributed by atoms with van der Waals surface area (Å²) in [6.45, 7) is 7.89. The van der Waals surface area contributed by atoms with Crippen LogP contribution in [0.5, 0.6) is 0 Å². The van der Waals surface area contributed by atoms with E-state index in [4.69, 9.17) is 5.11 Å². The molecule has 0 saturated carbocycles. The molecule has 1 unspecified atom stereocenters. The van der Waals surface area contributed by atoms with Gasteiger partial charge in [-0.2, -0.15) is 0 Å². The second kappa shape index (κ2) is 7.81. The lowest BCUT2D eigenvalue weighted by Gasteiger charge is -2.19. The summed E-state index contributed by atoms with van der Waals surface area (Å²) in [5.74, 6) is -0.890. The summed E-state index contributed by atoms with van der Waals surface area (Å²) >= 11 is 0. The van der Waals surface area contributed by atoms with E-state index in [2.05, 4.69) is 5.32 Å². The molecule has 0 radical (unpaired) electrons. The van der Waals surface area contributed by atoms with Gasteiger partial charge in [0.25, 0.3) is 0 Å². The summed E-state index contributed by atoms with van der Waals surface area (Å²) in [6.07, 6.45) is 0.743. The van der Waals surface area contributed by atoms with E-state index in [9.17, 15) is 9.59 Å². The summed E-state index contributed by atoms with van der Waals surface area (Å²) in [5, 5.41) is 11.8. The van der Waals surface area contributed by atoms with Gasteiger partial charge < -0.3 is 10.4 Å². The molecule has 1 rings (SSSR count). The van der Waals surface area contributed by atoms with Gasteiger partial charge in [0, 0.05) is 6.42 Å². The highest BCUT2D eigenvalue weighted by Crippen LogP contribution is 2.22. The fourth-order valence-corrected chi connectivity index (χ4v) is 2.47. The van der Waals surface area contributed by atoms with E-state index in [1.165, 1.54) is 0 Å². The van der Waals surface area contributed by atoms with Gasteiger partial charge in [0.15, 0.2) is 0 Å². The van der Waals surface area contributed by atoms with Gasteiger partial charge in [0.05, 0.1) is 0 Å². The Morgan fingerprint density at radius 1 is 1.19 bits per heavy atom. The summed E-state index contributed by atoms with van der Waals surface area (Å²) < 4.78 is 0. The quantitative estimate of drug-likeness (QED) is 0.811. The number of nitrogens with one attached hydrogen (secondary N) is 1. The predicted octanol–water partition coefficient (Wildman–Crippen LogP) is 3.10. The smallest absolute Gasteiger partial charge is 0.326 e. The third-order valence-electron chi connectivity index (χ3n) is 3.55. The fraction of sp³-hybridized carbons (Fsp3) is 0.529. The van der Waals surface area contributed by atoms with Crippen molar-refractivity contribution in [2.24, 2.45) is 5.92 Å². The molecule has 1 aromatic rings. The van der Waals surface area contributed by atoms with Crippen molar-refractivity contribution >= 4 is 11.9 Å². The van der Waals surface area contributed by atoms with Crippen LogP contribution in [-0.2, 0) is 9.59 Å². The van der Waals surface area contributed by atoms with Gasteiger partial charge in [-0.1, -0.05) is 45.0 Å². The summed E-state index contributed by atoms with van der Waals surface area (Å²) in [7, 11) is 0. The van der Waals surface area contributed by atoms with E-state index in [-0.39, 0.29) is 17.7 Å². The molecule has 21 heavy (non-hydrogen) atoms. The molecule has 4 heteroatoms. The van der Waals surface area contributed by atoms with E-state index in [1.807, 2.05) is 52.0 Å². The normalized spacial score (nSPS) is 13.8. The SMILES string of the molecule is Cc1ccccc1C(C)CC(=O)N[C@@H](CC(C)C)C(=O)O. The number of benzene rings is 1. The number of hydrogen-bond acceptors (Lipinski definition) is 2. The fourth-order valence-electron chi connectivity index (χ4n) is 2.47. The molecule has 0 saturated heterocycles. The maximum absolute atomic E-state index is 12.1. The average molecular weight is 291 g/mol. The van der Waals surface area contributed by atoms with Crippen molar-refractivity contribution < 1.29 is 14.7 Å². The van der Waals surface area contributed by atoms with Crippen LogP contribution in [0, 0.1) is 12.8 Å². The van der Waals surface area contributed by atoms with Gasteiger partial charge in [-0.15, -0.1) is 0 Å². The average Bonchev–Trinajstić information content (AvgIpc) is 2.37. The number of hydrogen-bond donors (Lipinski definition) is 2. The van der Waals surface area contributed by atoms with Gasteiger partial charge in [0.1, 0.15) is 6.04 Å². The van der Waals surface area contributed by atoms with Crippen molar-refractivity contribution in [3.63, 3.8) is 0 Å². The Bertz CT molecular complexity index is 497. The predicted molar refractivity (Wildman–Crippen MR) is 83.2 cm³/mol. The molecule has 0 heterocycles. The highest BCUT2D eigenvalue weighted by molar-refractivity contribution is 5.83. The van der Waals surface area contributed by atoms with Crippen molar-refractivity contribution in [1.29, 1.82) is 0 Å². The van der Waals surface area contributed by atoms with Crippen LogP contribution in [0.3, 0.4) is 0 Å². The number of aliphatic carboxylic acids is 1. The maximum atomic E-state index is 12.1. The van der Waals surface area contributed by atoms with Crippen LogP contribution in [0.25, 0.3) is 0 Å². The molecule has 1 amide bonds. The molecular formula is C17H25NO3. The molecule has 0 aliphatic carbocycles. The highest BCUT2D eigenvalue weighted by Gasteiger charge is 2.22. The Morgan fingerprint density at radius 3 is 2.33 bits per heavy atom. The zero-order valence-electron chi connectivity index (χ0n) is 13.2. The summed E-state index contributed by atoms with van der Waals surface area (Å²) in [4.78, 5) is 23.2. The van der Waals surface area contributed by atoms with Gasteiger partial charge >= 0.3 is 5.97 Å². The number of carboxylic acids is 1. The lowest BCUT2D eigenvalue weighted by atomic mass is 9.93. The van der Waals surface area contributed by atoms with Crippen LogP contribution in [0.2, 0.25) is 0 Å². The standard InChI is InChI=1S/C17H25NO3/c1-11(2)9-15(17(20)21)18-16(19)10-13(4)14-8-6-5-7-12(14)3/h5-8,11,13,15H,9-10H2,1-4H3,(H,18,19)(H,20,21)/t13?,15-/m0/s1. The van der Waals surface area contributed by atoms with E-state index in [0.717, 1.165) is 11.1 Å². The topological polar surface area (TPSA) is 66.4 Å². The van der Waals surface area contributed by atoms with Crippen molar-refractivity contribution in [2.45, 2.75) is 52.5 Å². The first-order chi connectivity index (χ1) is 9.81. The molecular weight excluding hydrogens is 266 g/mol. The Balaban J connectivity index is 2.64. The van der Waals surface area contributed by atoms with Crippen molar-refractivity contribution in [1.82, 2.24) is 5.32 Å². The molecule has 2 atom stereocenters. The number of carbonyl (C=O) groups excluding carboxylic acids is 1. The van der Waals surface area contributed by atoms with Gasteiger partial charge in [0.2, 0.25) is 5.91 Å². The number of rotatable bonds is 7. The lowest BCUT2D eigenvalue weighted by Crippen LogP contribution is -2.41. The first-order valence-corrected chi connectivity index (χ1v) is 7.39. The first-order valence-electron chi connectivity index (χ1n) is 7.39. The summed E-state index contributed by atoms with van der Waals surface area (Å²) in [5.41, 5.74) is 2.28. The Hall–Kier alpha value is -1.84. The van der Waals surface area contributed by atoms with Crippen LogP contribution >= 0.6 is 0 Å². The van der Waals surface area contributed by atoms with Crippen LogP contribution in [0.4, 0.5) is 0 Å². The molecule has 0 aromatic heterocycles. The van der Waals surface area contributed by atoms with Crippen LogP contribution in [-0.4, -0.2) is 23.0 Å². The number of carboxylic acid groups (broad SMARTS) is 1. The molecule has 2 N–H and O–H groups in total. The first kappa shape index (κ1) is 17.2. The minimum absolute atomic E-state index is 0.0692. The molecule has 4 nitrogen and oxygen atoms in total. The molecule has 1 aromatic carbocycles. The van der Waals surface area contributed by atoms with Crippen LogP contribution in [0.15, 0.2) is 24.3 Å². The zero-order valence-corrected chi connectivity index (χ0v) is 13.2. The number of carbonyl (C=O) groups is 2. The lowest BCUT2D eigenvalue weighted by molar-refractivity contribution is -0.142. The Morgan fingerprint density at radius 2 is 1.81 bits per heavy atom. The molecule has 0 fully saturated rings. The van der Waals surface area contributed by atoms with Gasteiger partial charge in [-0.05, 0) is 36.3 Å². The van der Waals surface area contributed by atoms with E-state index in [1.54, 1.807) is 0 Å². The monoisotopic (exact) mass is 291 g/mol. The highest BCUT2D eigenvalue weighted by atomic mass is 16.4. The molecule has 0 aliphatic rings. The minimum Gasteiger partial charge on any atom is -0.480 e. The molecule has 116 valence electrons. The molecule has 0 aliphatic heterocycles. The van der Waals surface area contributed by atoms with E-state index < -0.39 is 12.0 Å². The molecule has 0 spiro atoms. The van der Waals surface area contributed by atoms with Gasteiger partial charge in [-0.3, -0.25) is 4.79 Å². The largest absolute Gasteiger partial charge is 0.480 e. The minimum atomic E-state index is -0.972. The zero-order chi connectivity index (χ0) is 16.0. The van der Waals surface area contributed by atoms with Crippen molar-refractivity contribution in [2.75, 3.05) is 0 Å². The van der Waals surface area contributed by atoms with Crippen LogP contribution in [0.1, 0.15) is 50.7 Å². The van der Waals surface area contributed by atoms with Crippen LogP contribution < -0.4 is 5.32 Å². The van der Waals surface area contributed by atoms with E-state index in [0.29, 0.717) is 12.8 Å². The Labute approximate surface area is 126 Å². The number of aryl methyl sites for hydroxylation is 1. The third-order valence-corrected chi connectivity index (χ3v) is 3.55. The Kier molecular flexibility index (Phi) is 6.40. The second-order valence-corrected chi connectivity index (χ2v) is 6.05. The third kappa shape index (κ3) is 5.58. The van der Waals surface area contributed by atoms with Gasteiger partial charge in [-0.25, -0.2) is 4.79 Å². The van der Waals surface area contributed by atoms with E-state index >= 15 is 0 Å². The van der Waals surface area contributed by atoms with Crippen molar-refractivity contribution in [3.05, 3.63) is 35.4 Å². The summed E-state index contributed by atoms with van der Waals surface area (Å²) in [6, 6.07) is 7.14. The molecule has 0 bridgehead atoms. The second-order valence-electron chi connectivity index (χ2n) is 6.05. The maximum Gasteiger partial charge on any atom is 0.326 e. The number of amides is 1.